The number of rotatable bonds is 4. The first-order valence-electron chi connectivity index (χ1n) is 7.48. The van der Waals surface area contributed by atoms with E-state index in [0.717, 1.165) is 25.9 Å². The van der Waals surface area contributed by atoms with Crippen molar-refractivity contribution in [3.63, 3.8) is 0 Å². The number of anilines is 1. The maximum absolute atomic E-state index is 9.20. The molecule has 2 heterocycles. The van der Waals surface area contributed by atoms with E-state index in [1.165, 1.54) is 6.20 Å². The van der Waals surface area contributed by atoms with Crippen LogP contribution in [0.25, 0.3) is 0 Å². The number of pyridine rings is 1. The van der Waals surface area contributed by atoms with E-state index in [9.17, 15) is 5.26 Å². The SMILES string of the molecule is C=CN=C(N=CC)Nc1cnc(C#N)c(O[C@@H]2CCCNC2)c1. The van der Waals surface area contributed by atoms with Gasteiger partial charge in [0.05, 0.1) is 11.9 Å². The number of guanidine groups is 1. The molecule has 1 fully saturated rings. The molecule has 23 heavy (non-hydrogen) atoms. The summed E-state index contributed by atoms with van der Waals surface area (Å²) < 4.78 is 5.93. The third-order valence-electron chi connectivity index (χ3n) is 3.23. The van der Waals surface area contributed by atoms with E-state index in [2.05, 4.69) is 38.3 Å². The third-order valence-corrected chi connectivity index (χ3v) is 3.23. The van der Waals surface area contributed by atoms with Gasteiger partial charge in [0.2, 0.25) is 5.96 Å². The minimum absolute atomic E-state index is 0.0443. The van der Waals surface area contributed by atoms with Crippen LogP contribution in [0.3, 0.4) is 0 Å². The number of aliphatic imine (C=N–C) groups is 2. The lowest BCUT2D eigenvalue weighted by Crippen LogP contribution is -2.37. The summed E-state index contributed by atoms with van der Waals surface area (Å²) in [7, 11) is 0. The first-order valence-corrected chi connectivity index (χ1v) is 7.48. The lowest BCUT2D eigenvalue weighted by molar-refractivity contribution is 0.166. The van der Waals surface area contributed by atoms with Crippen molar-refractivity contribution in [2.45, 2.75) is 25.9 Å². The summed E-state index contributed by atoms with van der Waals surface area (Å²) in [6.45, 7) is 7.12. The smallest absolute Gasteiger partial charge is 0.226 e. The van der Waals surface area contributed by atoms with E-state index in [-0.39, 0.29) is 11.8 Å². The zero-order chi connectivity index (χ0) is 16.5. The topological polar surface area (TPSA) is 94.7 Å². The Morgan fingerprint density at radius 2 is 2.52 bits per heavy atom. The number of hydrogen-bond acceptors (Lipinski definition) is 5. The maximum atomic E-state index is 9.20. The quantitative estimate of drug-likeness (QED) is 0.655. The summed E-state index contributed by atoms with van der Waals surface area (Å²) in [6, 6.07) is 3.80. The van der Waals surface area contributed by atoms with Crippen molar-refractivity contribution in [2.75, 3.05) is 18.4 Å². The van der Waals surface area contributed by atoms with Crippen molar-refractivity contribution in [2.24, 2.45) is 9.98 Å². The van der Waals surface area contributed by atoms with Gasteiger partial charge >= 0.3 is 0 Å². The van der Waals surface area contributed by atoms with Crippen LogP contribution in [0.2, 0.25) is 0 Å². The van der Waals surface area contributed by atoms with Crippen molar-refractivity contribution in [3.05, 3.63) is 30.7 Å². The first kappa shape index (κ1) is 16.6. The summed E-state index contributed by atoms with van der Waals surface area (Å²) in [5.41, 5.74) is 0.913. The molecule has 2 rings (SSSR count). The van der Waals surface area contributed by atoms with Gasteiger partial charge in [0.25, 0.3) is 0 Å². The molecule has 1 aliphatic heterocycles. The molecular weight excluding hydrogens is 292 g/mol. The van der Waals surface area contributed by atoms with Crippen molar-refractivity contribution < 1.29 is 4.74 Å². The van der Waals surface area contributed by atoms with Crippen LogP contribution in [0.1, 0.15) is 25.5 Å². The lowest BCUT2D eigenvalue weighted by atomic mass is 10.1. The normalized spacial score (nSPS) is 18.4. The average molecular weight is 312 g/mol. The second-order valence-electron chi connectivity index (χ2n) is 4.92. The van der Waals surface area contributed by atoms with E-state index >= 15 is 0 Å². The molecule has 1 saturated heterocycles. The van der Waals surface area contributed by atoms with Gasteiger partial charge in [-0.05, 0) is 26.3 Å². The van der Waals surface area contributed by atoms with Gasteiger partial charge in [-0.1, -0.05) is 6.58 Å². The van der Waals surface area contributed by atoms with Gasteiger partial charge < -0.3 is 15.4 Å². The highest BCUT2D eigenvalue weighted by atomic mass is 16.5. The Kier molecular flexibility index (Phi) is 6.27. The van der Waals surface area contributed by atoms with Gasteiger partial charge in [0.15, 0.2) is 11.4 Å². The van der Waals surface area contributed by atoms with Crippen LogP contribution in [-0.2, 0) is 0 Å². The van der Waals surface area contributed by atoms with Crippen LogP contribution in [0.15, 0.2) is 35.0 Å². The van der Waals surface area contributed by atoms with Gasteiger partial charge in [-0.2, -0.15) is 5.26 Å². The van der Waals surface area contributed by atoms with Crippen LogP contribution >= 0.6 is 0 Å². The van der Waals surface area contributed by atoms with Crippen molar-refractivity contribution in [1.29, 1.82) is 5.26 Å². The van der Waals surface area contributed by atoms with Gasteiger partial charge in [-0.25, -0.2) is 15.0 Å². The molecule has 0 spiro atoms. The number of hydrogen-bond donors (Lipinski definition) is 2. The molecule has 1 aromatic heterocycles. The largest absolute Gasteiger partial charge is 0.486 e. The van der Waals surface area contributed by atoms with Gasteiger partial charge in [0.1, 0.15) is 12.2 Å². The summed E-state index contributed by atoms with van der Waals surface area (Å²) >= 11 is 0. The van der Waals surface area contributed by atoms with Gasteiger partial charge in [-0.3, -0.25) is 0 Å². The Hall–Kier alpha value is -2.72. The van der Waals surface area contributed by atoms with Crippen LogP contribution in [0, 0.1) is 11.3 Å². The molecule has 7 heteroatoms. The van der Waals surface area contributed by atoms with Crippen molar-refractivity contribution in [3.8, 4) is 11.8 Å². The summed E-state index contributed by atoms with van der Waals surface area (Å²) in [6.07, 6.45) is 6.63. The summed E-state index contributed by atoms with van der Waals surface area (Å²) in [4.78, 5) is 12.3. The molecule has 0 amide bonds. The molecule has 1 aliphatic rings. The number of ether oxygens (including phenoxy) is 1. The molecule has 120 valence electrons. The highest BCUT2D eigenvalue weighted by Crippen LogP contribution is 2.23. The van der Waals surface area contributed by atoms with Crippen LogP contribution in [0.5, 0.6) is 5.75 Å². The third kappa shape index (κ3) is 4.90. The fraction of sp³-hybridized carbons (Fsp3) is 0.375. The average Bonchev–Trinajstić information content (AvgIpc) is 2.57. The molecule has 0 aromatic carbocycles. The summed E-state index contributed by atoms with van der Waals surface area (Å²) in [5.74, 6) is 0.851. The standard InChI is InChI=1S/C16H20N6O/c1-3-19-16(20-4-2)22-12-8-15(14(9-17)21-10-12)23-13-6-5-7-18-11-13/h3-4,8,10,13,18H,1,5-7,11H2,2H3,(H,19,22)/t13-/m1/s1. The Morgan fingerprint density at radius 1 is 1.65 bits per heavy atom. The number of nitrogens with one attached hydrogen (secondary N) is 2. The molecule has 1 atom stereocenters. The molecule has 0 aliphatic carbocycles. The van der Waals surface area contributed by atoms with E-state index in [1.54, 1.807) is 25.4 Å². The van der Waals surface area contributed by atoms with E-state index < -0.39 is 0 Å². The second-order valence-corrected chi connectivity index (χ2v) is 4.92. The molecule has 1 aromatic rings. The van der Waals surface area contributed by atoms with E-state index in [0.29, 0.717) is 17.4 Å². The minimum atomic E-state index is 0.0443. The second kappa shape index (κ2) is 8.66. The molecule has 0 radical (unpaired) electrons. The zero-order valence-corrected chi connectivity index (χ0v) is 13.1. The van der Waals surface area contributed by atoms with E-state index in [4.69, 9.17) is 4.74 Å². The predicted octanol–water partition coefficient (Wildman–Crippen LogP) is 2.09. The summed E-state index contributed by atoms with van der Waals surface area (Å²) in [5, 5.41) is 15.5. The van der Waals surface area contributed by atoms with Crippen LogP contribution < -0.4 is 15.4 Å². The monoisotopic (exact) mass is 312 g/mol. The Bertz CT molecular complexity index is 640. The van der Waals surface area contributed by atoms with Crippen LogP contribution in [0.4, 0.5) is 5.69 Å². The Morgan fingerprint density at radius 3 is 3.17 bits per heavy atom. The first-order chi connectivity index (χ1) is 11.3. The molecule has 7 nitrogen and oxygen atoms in total. The molecular formula is C16H20N6O. The van der Waals surface area contributed by atoms with Crippen molar-refractivity contribution >= 4 is 17.9 Å². The van der Waals surface area contributed by atoms with Crippen LogP contribution in [-0.4, -0.2) is 36.4 Å². The number of aromatic nitrogens is 1. The molecule has 0 saturated carbocycles. The molecule has 2 N–H and O–H groups in total. The number of piperidine rings is 1. The number of nitrogens with zero attached hydrogens (tertiary/aromatic N) is 4. The molecule has 0 unspecified atom stereocenters. The van der Waals surface area contributed by atoms with E-state index in [1.807, 2.05) is 0 Å². The maximum Gasteiger partial charge on any atom is 0.226 e. The fourth-order valence-corrected chi connectivity index (χ4v) is 2.22. The van der Waals surface area contributed by atoms with Gasteiger partial charge in [-0.15, -0.1) is 0 Å². The number of nitriles is 1. The zero-order valence-electron chi connectivity index (χ0n) is 13.1. The van der Waals surface area contributed by atoms with Crippen molar-refractivity contribution in [1.82, 2.24) is 10.3 Å². The lowest BCUT2D eigenvalue weighted by Gasteiger charge is -2.24. The minimum Gasteiger partial charge on any atom is -0.486 e. The predicted molar refractivity (Wildman–Crippen MR) is 90.9 cm³/mol. The molecule has 0 bridgehead atoms. The highest BCUT2D eigenvalue weighted by Gasteiger charge is 2.17. The fourth-order valence-electron chi connectivity index (χ4n) is 2.22. The Labute approximate surface area is 135 Å². The van der Waals surface area contributed by atoms with Gasteiger partial charge in [0, 0.05) is 25.0 Å². The highest BCUT2D eigenvalue weighted by molar-refractivity contribution is 5.98. The Balaban J connectivity index is 2.18.